The molecule has 39 heavy (non-hydrogen) atoms. The number of aryl methyl sites for hydroxylation is 1. The molecule has 3 aromatic carbocycles. The average molecular weight is 574 g/mol. The number of anilines is 1. The molecule has 9 nitrogen and oxygen atoms in total. The summed E-state index contributed by atoms with van der Waals surface area (Å²) < 4.78 is 64.5. The summed E-state index contributed by atoms with van der Waals surface area (Å²) in [6, 6.07) is 17.6. The van der Waals surface area contributed by atoms with Crippen molar-refractivity contribution in [1.82, 2.24) is 4.31 Å². The van der Waals surface area contributed by atoms with Crippen LogP contribution in [-0.2, 0) is 32.9 Å². The minimum absolute atomic E-state index is 0.124. The van der Waals surface area contributed by atoms with Crippen molar-refractivity contribution in [3.8, 4) is 11.5 Å². The van der Waals surface area contributed by atoms with Crippen molar-refractivity contribution in [2.45, 2.75) is 41.9 Å². The molecule has 0 aliphatic carbocycles. The third-order valence-electron chi connectivity index (χ3n) is 7.13. The predicted molar refractivity (Wildman–Crippen MR) is 151 cm³/mol. The van der Waals surface area contributed by atoms with Crippen LogP contribution in [0.4, 0.5) is 5.69 Å². The van der Waals surface area contributed by atoms with Crippen LogP contribution in [0.15, 0.2) is 70.5 Å². The Kier molecular flexibility index (Phi) is 8.85. The molecule has 0 saturated carbocycles. The Morgan fingerprint density at radius 1 is 0.949 bits per heavy atom. The largest absolute Gasteiger partial charge is 0.496 e. The van der Waals surface area contributed by atoms with Gasteiger partial charge in [0.05, 0.1) is 24.8 Å². The van der Waals surface area contributed by atoms with Crippen molar-refractivity contribution in [1.29, 1.82) is 0 Å². The molecule has 210 valence electrons. The van der Waals surface area contributed by atoms with Crippen LogP contribution in [-0.4, -0.2) is 55.0 Å². The SMILES string of the molecule is CCc1ccccc1CCNc1ccc(S(=O)(=O)N2CCC(c3c(OC)cccc3OC)C2)cc1S(N)(=O)=O. The van der Waals surface area contributed by atoms with E-state index in [1.54, 1.807) is 14.2 Å². The number of nitrogens with two attached hydrogens (primary N) is 1. The van der Waals surface area contributed by atoms with E-state index in [1.165, 1.54) is 27.6 Å². The summed E-state index contributed by atoms with van der Waals surface area (Å²) in [5.74, 6) is 1.12. The molecule has 11 heteroatoms. The molecule has 1 fully saturated rings. The van der Waals surface area contributed by atoms with Gasteiger partial charge < -0.3 is 14.8 Å². The highest BCUT2D eigenvalue weighted by atomic mass is 32.2. The van der Waals surface area contributed by atoms with Crippen molar-refractivity contribution in [2.24, 2.45) is 5.14 Å². The molecule has 1 saturated heterocycles. The van der Waals surface area contributed by atoms with Gasteiger partial charge in [-0.1, -0.05) is 37.3 Å². The first-order chi connectivity index (χ1) is 18.6. The van der Waals surface area contributed by atoms with Gasteiger partial charge in [0.1, 0.15) is 16.4 Å². The highest BCUT2D eigenvalue weighted by Crippen LogP contribution is 2.41. The fourth-order valence-electron chi connectivity index (χ4n) is 5.14. The molecule has 0 spiro atoms. The van der Waals surface area contributed by atoms with Gasteiger partial charge in [-0.25, -0.2) is 22.0 Å². The zero-order valence-electron chi connectivity index (χ0n) is 22.4. The molecule has 3 aromatic rings. The number of nitrogens with zero attached hydrogens (tertiary/aromatic N) is 1. The average Bonchev–Trinajstić information content (AvgIpc) is 3.43. The Labute approximate surface area is 231 Å². The van der Waals surface area contributed by atoms with Gasteiger partial charge in [0, 0.05) is 31.1 Å². The van der Waals surface area contributed by atoms with Gasteiger partial charge in [-0.05, 0) is 60.7 Å². The first-order valence-corrected chi connectivity index (χ1v) is 15.8. The molecule has 1 aliphatic rings. The molecule has 4 rings (SSSR count). The number of ether oxygens (including phenoxy) is 2. The lowest BCUT2D eigenvalue weighted by molar-refractivity contribution is 0.378. The number of benzene rings is 3. The maximum absolute atomic E-state index is 13.6. The Bertz CT molecular complexity index is 1520. The highest BCUT2D eigenvalue weighted by Gasteiger charge is 2.36. The molecule has 1 heterocycles. The fourth-order valence-corrected chi connectivity index (χ4v) is 7.48. The molecule has 0 radical (unpaired) electrons. The Balaban J connectivity index is 1.56. The van der Waals surface area contributed by atoms with E-state index in [9.17, 15) is 16.8 Å². The first-order valence-electron chi connectivity index (χ1n) is 12.8. The zero-order valence-corrected chi connectivity index (χ0v) is 24.0. The van der Waals surface area contributed by atoms with Crippen LogP contribution in [0.25, 0.3) is 0 Å². The van der Waals surface area contributed by atoms with Crippen LogP contribution in [0.3, 0.4) is 0 Å². The maximum atomic E-state index is 13.6. The fraction of sp³-hybridized carbons (Fsp3) is 0.357. The minimum atomic E-state index is -4.20. The van der Waals surface area contributed by atoms with Crippen LogP contribution in [0.2, 0.25) is 0 Å². The first kappa shape index (κ1) is 28.9. The second-order valence-electron chi connectivity index (χ2n) is 9.43. The molecule has 0 bridgehead atoms. The number of hydrogen-bond acceptors (Lipinski definition) is 7. The summed E-state index contributed by atoms with van der Waals surface area (Å²) >= 11 is 0. The van der Waals surface area contributed by atoms with Gasteiger partial charge in [-0.3, -0.25) is 0 Å². The molecule has 0 aromatic heterocycles. The van der Waals surface area contributed by atoms with E-state index in [4.69, 9.17) is 14.6 Å². The van der Waals surface area contributed by atoms with Gasteiger partial charge in [0.15, 0.2) is 0 Å². The van der Waals surface area contributed by atoms with Gasteiger partial charge >= 0.3 is 0 Å². The van der Waals surface area contributed by atoms with Crippen molar-refractivity contribution >= 4 is 25.7 Å². The molecule has 3 N–H and O–H groups in total. The van der Waals surface area contributed by atoms with Gasteiger partial charge in [0.2, 0.25) is 20.0 Å². The molecule has 1 atom stereocenters. The number of sulfonamides is 2. The lowest BCUT2D eigenvalue weighted by atomic mass is 9.96. The van der Waals surface area contributed by atoms with Crippen LogP contribution in [0.5, 0.6) is 11.5 Å². The number of methoxy groups -OCH3 is 2. The second kappa shape index (κ2) is 12.0. The van der Waals surface area contributed by atoms with Crippen molar-refractivity contribution < 1.29 is 26.3 Å². The van der Waals surface area contributed by atoms with Crippen LogP contribution in [0.1, 0.15) is 36.0 Å². The van der Waals surface area contributed by atoms with Crippen LogP contribution < -0.4 is 19.9 Å². The summed E-state index contributed by atoms with van der Waals surface area (Å²) in [7, 11) is -5.06. The predicted octanol–water partition coefficient (Wildman–Crippen LogP) is 3.75. The number of rotatable bonds is 11. The topological polar surface area (TPSA) is 128 Å². The summed E-state index contributed by atoms with van der Waals surface area (Å²) in [5.41, 5.74) is 3.47. The van der Waals surface area contributed by atoms with E-state index in [0.29, 0.717) is 30.9 Å². The van der Waals surface area contributed by atoms with E-state index in [2.05, 4.69) is 18.3 Å². The lowest BCUT2D eigenvalue weighted by Gasteiger charge is -2.20. The van der Waals surface area contributed by atoms with Crippen LogP contribution in [0, 0.1) is 0 Å². The third-order valence-corrected chi connectivity index (χ3v) is 9.94. The summed E-state index contributed by atoms with van der Waals surface area (Å²) in [4.78, 5) is -0.379. The Morgan fingerprint density at radius 3 is 2.23 bits per heavy atom. The van der Waals surface area contributed by atoms with E-state index in [0.717, 1.165) is 18.1 Å². The van der Waals surface area contributed by atoms with E-state index < -0.39 is 20.0 Å². The quantitative estimate of drug-likeness (QED) is 0.358. The lowest BCUT2D eigenvalue weighted by Crippen LogP contribution is -2.29. The molecular formula is C28H35N3O6S2. The Morgan fingerprint density at radius 2 is 1.62 bits per heavy atom. The molecule has 1 aliphatic heterocycles. The highest BCUT2D eigenvalue weighted by molar-refractivity contribution is 7.90. The summed E-state index contributed by atoms with van der Waals surface area (Å²) in [5, 5.41) is 8.64. The van der Waals surface area contributed by atoms with E-state index in [1.807, 2.05) is 36.4 Å². The minimum Gasteiger partial charge on any atom is -0.496 e. The Hall–Kier alpha value is -3.12. The summed E-state index contributed by atoms with van der Waals surface area (Å²) in [6.45, 7) is 3.02. The van der Waals surface area contributed by atoms with Gasteiger partial charge in [-0.15, -0.1) is 0 Å². The van der Waals surface area contributed by atoms with Crippen molar-refractivity contribution in [3.05, 3.63) is 77.4 Å². The number of hydrogen-bond donors (Lipinski definition) is 2. The van der Waals surface area contributed by atoms with Gasteiger partial charge in [0.25, 0.3) is 0 Å². The number of primary sulfonamides is 1. The summed E-state index contributed by atoms with van der Waals surface area (Å²) in [6.07, 6.45) is 2.14. The normalized spacial score (nSPS) is 16.3. The maximum Gasteiger partial charge on any atom is 0.243 e. The molecular weight excluding hydrogens is 538 g/mol. The smallest absolute Gasteiger partial charge is 0.243 e. The monoisotopic (exact) mass is 573 g/mol. The molecule has 1 unspecified atom stereocenters. The standard InChI is InChI=1S/C28H35N3O6S2/c1-4-20-8-5-6-9-21(20)14-16-30-24-13-12-23(18-27(24)38(29,32)33)39(34,35)31-17-15-22(19-31)28-25(36-2)10-7-11-26(28)37-3/h5-13,18,22,30H,4,14-17,19H2,1-3H3,(H2,29,32,33). The van der Waals surface area contributed by atoms with E-state index in [-0.39, 0.29) is 34.5 Å². The molecule has 0 amide bonds. The number of nitrogens with one attached hydrogen (secondary N) is 1. The van der Waals surface area contributed by atoms with Crippen molar-refractivity contribution in [2.75, 3.05) is 39.2 Å². The zero-order chi connectivity index (χ0) is 28.2. The van der Waals surface area contributed by atoms with Crippen LogP contribution >= 0.6 is 0 Å². The second-order valence-corrected chi connectivity index (χ2v) is 12.9. The van der Waals surface area contributed by atoms with Gasteiger partial charge in [-0.2, -0.15) is 4.31 Å². The van der Waals surface area contributed by atoms with E-state index >= 15 is 0 Å². The third kappa shape index (κ3) is 6.22. The van der Waals surface area contributed by atoms with Crippen molar-refractivity contribution in [3.63, 3.8) is 0 Å².